The fourth-order valence-corrected chi connectivity index (χ4v) is 4.57. The van der Waals surface area contributed by atoms with Crippen LogP contribution in [0, 0.1) is 5.92 Å². The summed E-state index contributed by atoms with van der Waals surface area (Å²) in [4.78, 5) is 22.0. The van der Waals surface area contributed by atoms with Gasteiger partial charge in [-0.3, -0.25) is 4.79 Å². The molecule has 1 aromatic carbocycles. The lowest BCUT2D eigenvalue weighted by Crippen LogP contribution is -2.30. The third-order valence-corrected chi connectivity index (χ3v) is 6.32. The lowest BCUT2D eigenvalue weighted by atomic mass is 9.86. The number of aromatic nitrogens is 4. The molecule has 5 rings (SSSR count). The zero-order chi connectivity index (χ0) is 20.5. The molecule has 7 nitrogen and oxygen atoms in total. The molecule has 0 unspecified atom stereocenters. The zero-order valence-electron chi connectivity index (χ0n) is 17.3. The summed E-state index contributed by atoms with van der Waals surface area (Å²) in [5.41, 5.74) is 4.80. The molecule has 0 spiro atoms. The van der Waals surface area contributed by atoms with Gasteiger partial charge in [0.25, 0.3) is 5.78 Å². The number of amides is 1. The second-order valence-corrected chi connectivity index (χ2v) is 8.37. The fourth-order valence-electron chi connectivity index (χ4n) is 4.57. The van der Waals surface area contributed by atoms with Crippen molar-refractivity contribution in [2.45, 2.75) is 57.5 Å². The standard InChI is InChI=1S/C23H27N5O2/c1-30-18-6-4-5-16(13-18)22(29)24-17-11-9-15(10-12-17)21-14-28-23(26-21)25-19-7-2-3-8-20(19)27-28/h9-12,14,16,18H,2-8,13H2,1H3,(H,24,29)/t16-,18-/m1/s1. The van der Waals surface area contributed by atoms with Gasteiger partial charge in [-0.25, -0.2) is 14.5 Å². The maximum Gasteiger partial charge on any atom is 0.251 e. The highest BCUT2D eigenvalue weighted by molar-refractivity contribution is 5.92. The summed E-state index contributed by atoms with van der Waals surface area (Å²) in [6, 6.07) is 7.83. The molecular formula is C23H27N5O2. The molecule has 2 atom stereocenters. The third kappa shape index (κ3) is 3.81. The van der Waals surface area contributed by atoms with Crippen molar-refractivity contribution in [2.24, 2.45) is 5.92 Å². The molecule has 156 valence electrons. The van der Waals surface area contributed by atoms with Crippen LogP contribution in [0.2, 0.25) is 0 Å². The van der Waals surface area contributed by atoms with E-state index in [1.807, 2.05) is 30.5 Å². The maximum atomic E-state index is 12.6. The zero-order valence-corrected chi connectivity index (χ0v) is 17.3. The molecule has 7 heteroatoms. The lowest BCUT2D eigenvalue weighted by molar-refractivity contribution is -0.122. The maximum absolute atomic E-state index is 12.6. The van der Waals surface area contributed by atoms with Crippen molar-refractivity contribution in [3.63, 3.8) is 0 Å². The number of hydrogen-bond acceptors (Lipinski definition) is 5. The van der Waals surface area contributed by atoms with E-state index in [-0.39, 0.29) is 17.9 Å². The van der Waals surface area contributed by atoms with E-state index in [1.165, 1.54) is 12.8 Å². The van der Waals surface area contributed by atoms with E-state index in [9.17, 15) is 4.79 Å². The Morgan fingerprint density at radius 1 is 1.07 bits per heavy atom. The Morgan fingerprint density at radius 3 is 2.67 bits per heavy atom. The van der Waals surface area contributed by atoms with Crippen molar-refractivity contribution in [1.29, 1.82) is 0 Å². The number of anilines is 1. The van der Waals surface area contributed by atoms with Gasteiger partial charge in [-0.1, -0.05) is 18.6 Å². The summed E-state index contributed by atoms with van der Waals surface area (Å²) in [5, 5.41) is 7.76. The molecule has 1 N–H and O–H groups in total. The van der Waals surface area contributed by atoms with Crippen molar-refractivity contribution in [3.05, 3.63) is 41.9 Å². The first kappa shape index (κ1) is 19.2. The van der Waals surface area contributed by atoms with Gasteiger partial charge in [0.2, 0.25) is 5.91 Å². The monoisotopic (exact) mass is 405 g/mol. The number of rotatable bonds is 4. The van der Waals surface area contributed by atoms with Crippen LogP contribution in [0.25, 0.3) is 17.0 Å². The van der Waals surface area contributed by atoms with Crippen LogP contribution in [0.3, 0.4) is 0 Å². The van der Waals surface area contributed by atoms with Gasteiger partial charge in [0.05, 0.1) is 29.4 Å². The minimum Gasteiger partial charge on any atom is -0.381 e. The lowest BCUT2D eigenvalue weighted by Gasteiger charge is -2.27. The van der Waals surface area contributed by atoms with E-state index in [4.69, 9.17) is 14.8 Å². The molecule has 0 saturated heterocycles. The van der Waals surface area contributed by atoms with E-state index < -0.39 is 0 Å². The van der Waals surface area contributed by atoms with Gasteiger partial charge in [-0.2, -0.15) is 5.10 Å². The Kier molecular flexibility index (Phi) is 5.21. The smallest absolute Gasteiger partial charge is 0.251 e. The topological polar surface area (TPSA) is 81.4 Å². The van der Waals surface area contributed by atoms with Crippen LogP contribution in [-0.2, 0) is 22.4 Å². The molecule has 3 aromatic rings. The van der Waals surface area contributed by atoms with E-state index in [0.29, 0.717) is 5.78 Å². The highest BCUT2D eigenvalue weighted by Crippen LogP contribution is 2.28. The number of nitrogens with one attached hydrogen (secondary N) is 1. The predicted molar refractivity (Wildman–Crippen MR) is 114 cm³/mol. The third-order valence-electron chi connectivity index (χ3n) is 6.32. The van der Waals surface area contributed by atoms with Gasteiger partial charge in [-0.05, 0) is 57.1 Å². The number of carbonyl (C=O) groups excluding carboxylic acids is 1. The molecule has 1 fully saturated rings. The van der Waals surface area contributed by atoms with Gasteiger partial charge >= 0.3 is 0 Å². The highest BCUT2D eigenvalue weighted by atomic mass is 16.5. The molecule has 0 radical (unpaired) electrons. The number of benzene rings is 1. The number of aryl methyl sites for hydroxylation is 2. The first-order valence-corrected chi connectivity index (χ1v) is 10.9. The minimum absolute atomic E-state index is 0.0185. The summed E-state index contributed by atoms with van der Waals surface area (Å²) < 4.78 is 7.23. The molecular weight excluding hydrogens is 378 g/mol. The fraction of sp³-hybridized carbons (Fsp3) is 0.478. The van der Waals surface area contributed by atoms with Gasteiger partial charge in [0, 0.05) is 24.3 Å². The number of carbonyl (C=O) groups is 1. The highest BCUT2D eigenvalue weighted by Gasteiger charge is 2.27. The van der Waals surface area contributed by atoms with Crippen molar-refractivity contribution in [3.8, 4) is 11.3 Å². The van der Waals surface area contributed by atoms with Crippen LogP contribution in [0.1, 0.15) is 49.9 Å². The summed E-state index contributed by atoms with van der Waals surface area (Å²) in [6.45, 7) is 0. The molecule has 2 aromatic heterocycles. The predicted octanol–water partition coefficient (Wildman–Crippen LogP) is 3.81. The number of imidazole rings is 1. The van der Waals surface area contributed by atoms with Crippen LogP contribution in [0.4, 0.5) is 5.69 Å². The summed E-state index contributed by atoms with van der Waals surface area (Å²) in [6.07, 6.45) is 10.3. The molecule has 0 aliphatic heterocycles. The SMILES string of the molecule is CO[C@@H]1CCC[C@@H](C(=O)Nc2ccc(-c3cn4nc5c(nc4n3)CCCC5)cc2)C1. The van der Waals surface area contributed by atoms with Gasteiger partial charge < -0.3 is 10.1 Å². The van der Waals surface area contributed by atoms with Crippen LogP contribution in [0.15, 0.2) is 30.5 Å². The van der Waals surface area contributed by atoms with Crippen LogP contribution >= 0.6 is 0 Å². The minimum atomic E-state index is 0.0185. The van der Waals surface area contributed by atoms with Crippen molar-refractivity contribution in [2.75, 3.05) is 12.4 Å². The molecule has 2 aliphatic carbocycles. The number of ether oxygens (including phenoxy) is 1. The summed E-state index contributed by atoms with van der Waals surface area (Å²) in [5.74, 6) is 0.745. The van der Waals surface area contributed by atoms with Gasteiger partial charge in [0.15, 0.2) is 0 Å². The Morgan fingerprint density at radius 2 is 1.87 bits per heavy atom. The second-order valence-electron chi connectivity index (χ2n) is 8.37. The van der Waals surface area contributed by atoms with E-state index in [1.54, 1.807) is 11.6 Å². The number of methoxy groups -OCH3 is 1. The average molecular weight is 406 g/mol. The van der Waals surface area contributed by atoms with Crippen LogP contribution < -0.4 is 5.32 Å². The molecule has 2 aliphatic rings. The first-order valence-electron chi connectivity index (χ1n) is 10.9. The van der Waals surface area contributed by atoms with Gasteiger partial charge in [0.1, 0.15) is 0 Å². The number of fused-ring (bicyclic) bond motifs is 2. The van der Waals surface area contributed by atoms with Crippen LogP contribution in [-0.4, -0.2) is 38.7 Å². The molecule has 1 amide bonds. The number of nitrogens with zero attached hydrogens (tertiary/aromatic N) is 4. The van der Waals surface area contributed by atoms with Crippen LogP contribution in [0.5, 0.6) is 0 Å². The molecule has 30 heavy (non-hydrogen) atoms. The molecule has 2 heterocycles. The quantitative estimate of drug-likeness (QED) is 0.714. The van der Waals surface area contributed by atoms with Gasteiger partial charge in [-0.15, -0.1) is 0 Å². The Balaban J connectivity index is 1.30. The van der Waals surface area contributed by atoms with Crippen molar-refractivity contribution in [1.82, 2.24) is 19.6 Å². The molecule has 1 saturated carbocycles. The largest absolute Gasteiger partial charge is 0.381 e. The van der Waals surface area contributed by atoms with E-state index >= 15 is 0 Å². The van der Waals surface area contributed by atoms with E-state index in [0.717, 1.165) is 66.9 Å². The Labute approximate surface area is 175 Å². The molecule has 0 bridgehead atoms. The Hall–Kier alpha value is -2.80. The summed E-state index contributed by atoms with van der Waals surface area (Å²) >= 11 is 0. The first-order chi connectivity index (χ1) is 14.7. The summed E-state index contributed by atoms with van der Waals surface area (Å²) in [7, 11) is 1.73. The van der Waals surface area contributed by atoms with Crippen molar-refractivity contribution < 1.29 is 9.53 Å². The number of hydrogen-bond donors (Lipinski definition) is 1. The van der Waals surface area contributed by atoms with E-state index in [2.05, 4.69) is 10.3 Å². The normalized spacial score (nSPS) is 21.4. The average Bonchev–Trinajstić information content (AvgIpc) is 3.20. The Bertz CT molecular complexity index is 1020. The second kappa shape index (κ2) is 8.14. The van der Waals surface area contributed by atoms with Crippen molar-refractivity contribution >= 4 is 17.4 Å².